The highest BCUT2D eigenvalue weighted by molar-refractivity contribution is 5.35. The molecule has 0 bridgehead atoms. The molecule has 0 radical (unpaired) electrons. The lowest BCUT2D eigenvalue weighted by Crippen LogP contribution is -2.50. The molecule has 0 saturated carbocycles. The first-order valence-corrected chi connectivity index (χ1v) is 6.32. The van der Waals surface area contributed by atoms with Crippen LogP contribution < -0.4 is 10.5 Å². The van der Waals surface area contributed by atoms with Gasteiger partial charge in [-0.15, -0.1) is 0 Å². The lowest BCUT2D eigenvalue weighted by atomic mass is 9.83. The fourth-order valence-corrected chi connectivity index (χ4v) is 2.51. The number of hydrogen-bond donors (Lipinski definition) is 1. The van der Waals surface area contributed by atoms with Crippen LogP contribution in [-0.4, -0.2) is 37.7 Å². The number of piperidine rings is 1. The van der Waals surface area contributed by atoms with Gasteiger partial charge in [-0.25, -0.2) is 4.39 Å². The van der Waals surface area contributed by atoms with Gasteiger partial charge >= 0.3 is 0 Å². The molecular formula is C14H21FN2O. The summed E-state index contributed by atoms with van der Waals surface area (Å²) in [6.45, 7) is 1.99. The highest BCUT2D eigenvalue weighted by Gasteiger charge is 2.30. The Kier molecular flexibility index (Phi) is 3.88. The minimum absolute atomic E-state index is 0.234. The Balaban J connectivity index is 2.15. The third kappa shape index (κ3) is 3.00. The zero-order chi connectivity index (χ0) is 13.2. The van der Waals surface area contributed by atoms with Crippen LogP contribution in [0.25, 0.3) is 0 Å². The van der Waals surface area contributed by atoms with Gasteiger partial charge in [-0.2, -0.15) is 0 Å². The summed E-state index contributed by atoms with van der Waals surface area (Å²) < 4.78 is 18.6. The van der Waals surface area contributed by atoms with Crippen LogP contribution in [-0.2, 0) is 6.42 Å². The minimum Gasteiger partial charge on any atom is -0.496 e. The van der Waals surface area contributed by atoms with Crippen molar-refractivity contribution in [2.45, 2.75) is 24.8 Å². The third-order valence-electron chi connectivity index (χ3n) is 3.77. The van der Waals surface area contributed by atoms with Crippen molar-refractivity contribution in [3.63, 3.8) is 0 Å². The highest BCUT2D eigenvalue weighted by atomic mass is 19.1. The normalized spacial score (nSPS) is 19.8. The lowest BCUT2D eigenvalue weighted by Gasteiger charge is -2.38. The summed E-state index contributed by atoms with van der Waals surface area (Å²) in [5.41, 5.74) is 7.05. The van der Waals surface area contributed by atoms with Crippen molar-refractivity contribution in [2.24, 2.45) is 5.73 Å². The van der Waals surface area contributed by atoms with Gasteiger partial charge in [0.25, 0.3) is 0 Å². The predicted octanol–water partition coefficient (Wildman–Crippen LogP) is 1.80. The summed E-state index contributed by atoms with van der Waals surface area (Å²) in [5, 5.41) is 0. The third-order valence-corrected chi connectivity index (χ3v) is 3.77. The molecule has 1 fully saturated rings. The molecule has 4 heteroatoms. The monoisotopic (exact) mass is 252 g/mol. The van der Waals surface area contributed by atoms with Crippen LogP contribution in [0.3, 0.4) is 0 Å². The van der Waals surface area contributed by atoms with Crippen LogP contribution >= 0.6 is 0 Å². The van der Waals surface area contributed by atoms with Gasteiger partial charge in [0.2, 0.25) is 0 Å². The average Bonchev–Trinajstić information content (AvgIpc) is 2.34. The van der Waals surface area contributed by atoms with Gasteiger partial charge in [-0.1, -0.05) is 0 Å². The fourth-order valence-electron chi connectivity index (χ4n) is 2.51. The highest BCUT2D eigenvalue weighted by Crippen LogP contribution is 2.28. The first-order chi connectivity index (χ1) is 8.52. The largest absolute Gasteiger partial charge is 0.496 e. The summed E-state index contributed by atoms with van der Waals surface area (Å²) >= 11 is 0. The second-order valence-electron chi connectivity index (χ2n) is 5.30. The number of nitrogens with zero attached hydrogens (tertiary/aromatic N) is 1. The molecule has 1 aromatic rings. The topological polar surface area (TPSA) is 38.5 Å². The number of halogens is 1. The molecule has 1 heterocycles. The van der Waals surface area contributed by atoms with Gasteiger partial charge in [-0.05, 0) is 63.2 Å². The maximum Gasteiger partial charge on any atom is 0.123 e. The number of benzene rings is 1. The van der Waals surface area contributed by atoms with E-state index in [4.69, 9.17) is 10.5 Å². The second-order valence-corrected chi connectivity index (χ2v) is 5.30. The summed E-state index contributed by atoms with van der Waals surface area (Å²) in [6.07, 6.45) is 2.54. The van der Waals surface area contributed by atoms with E-state index in [0.29, 0.717) is 6.42 Å². The number of hydrogen-bond acceptors (Lipinski definition) is 3. The van der Waals surface area contributed by atoms with Gasteiger partial charge < -0.3 is 15.4 Å². The van der Waals surface area contributed by atoms with Crippen molar-refractivity contribution in [1.82, 2.24) is 4.90 Å². The van der Waals surface area contributed by atoms with Crippen molar-refractivity contribution in [1.29, 1.82) is 0 Å². The molecule has 0 aromatic heterocycles. The Morgan fingerprint density at radius 1 is 1.39 bits per heavy atom. The molecule has 1 aromatic carbocycles. The van der Waals surface area contributed by atoms with E-state index in [1.54, 1.807) is 13.2 Å². The van der Waals surface area contributed by atoms with Crippen LogP contribution in [0.15, 0.2) is 18.2 Å². The standard InChI is InChI=1S/C14H21FN2O/c1-17-7-5-14(16,6-8-17)10-11-9-12(15)3-4-13(11)18-2/h3-4,9H,5-8,10,16H2,1-2H3. The number of rotatable bonds is 3. The van der Waals surface area contributed by atoms with Crippen molar-refractivity contribution in [3.05, 3.63) is 29.6 Å². The number of methoxy groups -OCH3 is 1. The van der Waals surface area contributed by atoms with Gasteiger partial charge in [0.05, 0.1) is 7.11 Å². The van der Waals surface area contributed by atoms with E-state index in [1.807, 2.05) is 0 Å². The molecule has 0 atom stereocenters. The first kappa shape index (κ1) is 13.3. The zero-order valence-electron chi connectivity index (χ0n) is 11.1. The Morgan fingerprint density at radius 2 is 2.06 bits per heavy atom. The van der Waals surface area contributed by atoms with Crippen molar-refractivity contribution in [2.75, 3.05) is 27.2 Å². The Bertz CT molecular complexity index is 414. The summed E-state index contributed by atoms with van der Waals surface area (Å²) in [4.78, 5) is 2.27. The molecule has 0 unspecified atom stereocenters. The summed E-state index contributed by atoms with van der Waals surface area (Å²) in [6, 6.07) is 4.62. The van der Waals surface area contributed by atoms with Gasteiger partial charge in [0.1, 0.15) is 11.6 Å². The van der Waals surface area contributed by atoms with E-state index in [0.717, 1.165) is 37.2 Å². The summed E-state index contributed by atoms with van der Waals surface area (Å²) in [5.74, 6) is 0.488. The average molecular weight is 252 g/mol. The predicted molar refractivity (Wildman–Crippen MR) is 70.3 cm³/mol. The molecule has 1 aliphatic heterocycles. The number of nitrogens with two attached hydrogens (primary N) is 1. The molecule has 1 saturated heterocycles. The Labute approximate surface area is 108 Å². The molecular weight excluding hydrogens is 231 g/mol. The van der Waals surface area contributed by atoms with Crippen LogP contribution in [0.1, 0.15) is 18.4 Å². The van der Waals surface area contributed by atoms with Crippen LogP contribution in [0.5, 0.6) is 5.75 Å². The smallest absolute Gasteiger partial charge is 0.123 e. The maximum atomic E-state index is 13.3. The van der Waals surface area contributed by atoms with E-state index in [2.05, 4.69) is 11.9 Å². The second kappa shape index (κ2) is 5.24. The van der Waals surface area contributed by atoms with Crippen molar-refractivity contribution < 1.29 is 9.13 Å². The van der Waals surface area contributed by atoms with E-state index in [9.17, 15) is 4.39 Å². The molecule has 2 N–H and O–H groups in total. The molecule has 100 valence electrons. The van der Waals surface area contributed by atoms with Crippen molar-refractivity contribution >= 4 is 0 Å². The molecule has 3 nitrogen and oxygen atoms in total. The Hall–Kier alpha value is -1.13. The van der Waals surface area contributed by atoms with E-state index < -0.39 is 0 Å². The van der Waals surface area contributed by atoms with Gasteiger partial charge in [-0.3, -0.25) is 0 Å². The molecule has 0 spiro atoms. The quantitative estimate of drug-likeness (QED) is 0.891. The van der Waals surface area contributed by atoms with Crippen LogP contribution in [0.4, 0.5) is 4.39 Å². The maximum absolute atomic E-state index is 13.3. The van der Waals surface area contributed by atoms with Crippen LogP contribution in [0, 0.1) is 5.82 Å². The zero-order valence-corrected chi connectivity index (χ0v) is 11.1. The van der Waals surface area contributed by atoms with Crippen molar-refractivity contribution in [3.8, 4) is 5.75 Å². The number of likely N-dealkylation sites (tertiary alicyclic amines) is 1. The van der Waals surface area contributed by atoms with Gasteiger partial charge in [0.15, 0.2) is 0 Å². The van der Waals surface area contributed by atoms with E-state index >= 15 is 0 Å². The van der Waals surface area contributed by atoms with E-state index in [1.165, 1.54) is 12.1 Å². The van der Waals surface area contributed by atoms with Crippen LogP contribution in [0.2, 0.25) is 0 Å². The lowest BCUT2D eigenvalue weighted by molar-refractivity contribution is 0.189. The Morgan fingerprint density at radius 3 is 2.67 bits per heavy atom. The molecule has 2 rings (SSSR count). The fraction of sp³-hybridized carbons (Fsp3) is 0.571. The molecule has 18 heavy (non-hydrogen) atoms. The van der Waals surface area contributed by atoms with Gasteiger partial charge in [0, 0.05) is 5.54 Å². The molecule has 0 aliphatic carbocycles. The minimum atomic E-state index is -0.242. The molecule has 1 aliphatic rings. The SMILES string of the molecule is COc1ccc(F)cc1CC1(N)CCN(C)CC1. The first-order valence-electron chi connectivity index (χ1n) is 6.32. The van der Waals surface area contributed by atoms with E-state index in [-0.39, 0.29) is 11.4 Å². The number of ether oxygens (including phenoxy) is 1. The summed E-state index contributed by atoms with van der Waals surface area (Å²) in [7, 11) is 3.71. The molecule has 0 amide bonds.